The van der Waals surface area contributed by atoms with Crippen molar-refractivity contribution in [3.63, 3.8) is 0 Å². The van der Waals surface area contributed by atoms with E-state index >= 15 is 0 Å². The standard InChI is InChI=1S/C22H29NO2S/c1-7-19-16(2)21(24-6)18(14-23-26-22(3,4)5)13-20(19)25-15-17-11-9-8-10-12-17/h8-14H,7,15H2,1-6H3. The van der Waals surface area contributed by atoms with Gasteiger partial charge < -0.3 is 9.47 Å². The summed E-state index contributed by atoms with van der Waals surface area (Å²) >= 11 is 1.55. The molecule has 140 valence electrons. The number of hydrogen-bond acceptors (Lipinski definition) is 4. The lowest BCUT2D eigenvalue weighted by molar-refractivity contribution is 0.302. The third kappa shape index (κ3) is 5.53. The molecule has 2 rings (SSSR count). The van der Waals surface area contributed by atoms with Gasteiger partial charge in [0.05, 0.1) is 7.11 Å². The molecule has 0 aliphatic heterocycles. The summed E-state index contributed by atoms with van der Waals surface area (Å²) in [6.07, 6.45) is 2.76. The molecule has 0 aliphatic carbocycles. The number of nitrogens with zero attached hydrogens (tertiary/aromatic N) is 1. The number of methoxy groups -OCH3 is 1. The lowest BCUT2D eigenvalue weighted by atomic mass is 10.0. The summed E-state index contributed by atoms with van der Waals surface area (Å²) in [5.41, 5.74) is 4.39. The van der Waals surface area contributed by atoms with E-state index in [2.05, 4.69) is 51.1 Å². The van der Waals surface area contributed by atoms with E-state index in [1.807, 2.05) is 30.5 Å². The van der Waals surface area contributed by atoms with E-state index in [0.717, 1.165) is 34.6 Å². The Balaban J connectivity index is 2.33. The lowest BCUT2D eigenvalue weighted by Crippen LogP contribution is -2.06. The molecule has 0 bridgehead atoms. The average molecular weight is 372 g/mol. The highest BCUT2D eigenvalue weighted by Crippen LogP contribution is 2.35. The van der Waals surface area contributed by atoms with Gasteiger partial charge in [0.15, 0.2) is 0 Å². The van der Waals surface area contributed by atoms with Crippen molar-refractivity contribution >= 4 is 18.2 Å². The van der Waals surface area contributed by atoms with E-state index in [-0.39, 0.29) is 4.75 Å². The molecular formula is C22H29NO2S. The van der Waals surface area contributed by atoms with Crippen LogP contribution in [0.15, 0.2) is 40.8 Å². The molecule has 0 spiro atoms. The van der Waals surface area contributed by atoms with E-state index in [4.69, 9.17) is 9.47 Å². The first-order valence-corrected chi connectivity index (χ1v) is 9.71. The van der Waals surface area contributed by atoms with Crippen LogP contribution in [0.2, 0.25) is 0 Å². The fraction of sp³-hybridized carbons (Fsp3) is 0.409. The van der Waals surface area contributed by atoms with Crippen LogP contribution < -0.4 is 9.47 Å². The van der Waals surface area contributed by atoms with Crippen LogP contribution in [-0.2, 0) is 13.0 Å². The molecule has 0 heterocycles. The fourth-order valence-electron chi connectivity index (χ4n) is 2.74. The van der Waals surface area contributed by atoms with Gasteiger partial charge in [-0.3, -0.25) is 0 Å². The van der Waals surface area contributed by atoms with Crippen molar-refractivity contribution in [2.24, 2.45) is 4.40 Å². The molecule has 4 heteroatoms. The van der Waals surface area contributed by atoms with E-state index in [1.165, 1.54) is 5.56 Å². The summed E-state index contributed by atoms with van der Waals surface area (Å²) in [4.78, 5) is 0. The highest BCUT2D eigenvalue weighted by atomic mass is 32.2. The van der Waals surface area contributed by atoms with E-state index in [9.17, 15) is 0 Å². The first-order valence-electron chi connectivity index (χ1n) is 8.94. The molecular weight excluding hydrogens is 342 g/mol. The minimum absolute atomic E-state index is 0.0782. The van der Waals surface area contributed by atoms with Crippen molar-refractivity contribution in [2.75, 3.05) is 7.11 Å². The van der Waals surface area contributed by atoms with Crippen LogP contribution in [0.1, 0.15) is 49.9 Å². The van der Waals surface area contributed by atoms with Crippen LogP contribution in [0.5, 0.6) is 11.5 Å². The second-order valence-corrected chi connectivity index (χ2v) is 8.78. The maximum absolute atomic E-state index is 6.16. The molecule has 3 nitrogen and oxygen atoms in total. The van der Waals surface area contributed by atoms with E-state index < -0.39 is 0 Å². The van der Waals surface area contributed by atoms with Crippen molar-refractivity contribution in [1.29, 1.82) is 0 Å². The van der Waals surface area contributed by atoms with Gasteiger partial charge in [-0.1, -0.05) is 37.3 Å². The quantitative estimate of drug-likeness (QED) is 0.441. The number of benzene rings is 2. The summed E-state index contributed by atoms with van der Waals surface area (Å²) in [7, 11) is 1.71. The summed E-state index contributed by atoms with van der Waals surface area (Å²) < 4.78 is 16.4. The topological polar surface area (TPSA) is 30.8 Å². The predicted octanol–water partition coefficient (Wildman–Crippen LogP) is 6.01. The summed E-state index contributed by atoms with van der Waals surface area (Å²) in [6.45, 7) is 11.2. The first kappa shape index (κ1) is 20.4. The van der Waals surface area contributed by atoms with Crippen molar-refractivity contribution in [3.05, 3.63) is 58.7 Å². The zero-order valence-electron chi connectivity index (χ0n) is 16.6. The Morgan fingerprint density at radius 3 is 2.42 bits per heavy atom. The highest BCUT2D eigenvalue weighted by Gasteiger charge is 2.16. The van der Waals surface area contributed by atoms with Gasteiger partial charge in [-0.25, -0.2) is 4.40 Å². The Morgan fingerprint density at radius 2 is 1.85 bits per heavy atom. The maximum Gasteiger partial charge on any atom is 0.131 e. The Bertz CT molecular complexity index is 749. The van der Waals surface area contributed by atoms with Crippen LogP contribution in [0.4, 0.5) is 0 Å². The van der Waals surface area contributed by atoms with Gasteiger partial charge in [0.25, 0.3) is 0 Å². The Hall–Kier alpha value is -1.94. The number of ether oxygens (including phenoxy) is 2. The van der Waals surface area contributed by atoms with Crippen molar-refractivity contribution in [2.45, 2.75) is 52.4 Å². The van der Waals surface area contributed by atoms with Gasteiger partial charge in [-0.15, -0.1) is 0 Å². The molecule has 0 atom stereocenters. The monoisotopic (exact) mass is 371 g/mol. The molecule has 0 saturated carbocycles. The Morgan fingerprint density at radius 1 is 1.15 bits per heavy atom. The van der Waals surface area contributed by atoms with Gasteiger partial charge in [0.1, 0.15) is 18.1 Å². The third-order valence-electron chi connectivity index (χ3n) is 3.95. The van der Waals surface area contributed by atoms with Crippen LogP contribution in [0.3, 0.4) is 0 Å². The minimum Gasteiger partial charge on any atom is -0.496 e. The molecule has 0 aliphatic rings. The molecule has 0 radical (unpaired) electrons. The van der Waals surface area contributed by atoms with Gasteiger partial charge in [0.2, 0.25) is 0 Å². The van der Waals surface area contributed by atoms with Crippen LogP contribution >= 0.6 is 11.9 Å². The highest BCUT2D eigenvalue weighted by molar-refractivity contribution is 7.99. The van der Waals surface area contributed by atoms with Crippen LogP contribution in [0, 0.1) is 6.92 Å². The summed E-state index contributed by atoms with van der Waals surface area (Å²) in [6, 6.07) is 12.3. The second kappa shape index (κ2) is 9.13. The predicted molar refractivity (Wildman–Crippen MR) is 113 cm³/mol. The smallest absolute Gasteiger partial charge is 0.131 e. The first-order chi connectivity index (χ1) is 12.4. The average Bonchev–Trinajstić information content (AvgIpc) is 2.60. The zero-order chi connectivity index (χ0) is 19.2. The van der Waals surface area contributed by atoms with Gasteiger partial charge >= 0.3 is 0 Å². The van der Waals surface area contributed by atoms with Crippen molar-refractivity contribution in [3.8, 4) is 11.5 Å². The van der Waals surface area contributed by atoms with Gasteiger partial charge in [-0.05, 0) is 63.3 Å². The molecule has 0 amide bonds. The Labute approximate surface area is 162 Å². The SMILES string of the molecule is CCc1c(OCc2ccccc2)cc(C=NSC(C)(C)C)c(OC)c1C. The normalized spacial score (nSPS) is 11.8. The molecule has 2 aromatic rings. The van der Waals surface area contributed by atoms with Gasteiger partial charge in [-0.2, -0.15) is 0 Å². The molecule has 0 N–H and O–H groups in total. The molecule has 0 saturated heterocycles. The van der Waals surface area contributed by atoms with E-state index in [0.29, 0.717) is 6.61 Å². The molecule has 26 heavy (non-hydrogen) atoms. The van der Waals surface area contributed by atoms with Crippen molar-refractivity contribution in [1.82, 2.24) is 0 Å². The zero-order valence-corrected chi connectivity index (χ0v) is 17.4. The van der Waals surface area contributed by atoms with E-state index in [1.54, 1.807) is 19.1 Å². The van der Waals surface area contributed by atoms with Crippen molar-refractivity contribution < 1.29 is 9.47 Å². The number of rotatable bonds is 7. The van der Waals surface area contributed by atoms with Gasteiger partial charge in [0, 0.05) is 22.1 Å². The lowest BCUT2D eigenvalue weighted by Gasteiger charge is -2.18. The number of hydrogen-bond donors (Lipinski definition) is 0. The molecule has 0 fully saturated rings. The fourth-order valence-corrected chi connectivity index (χ4v) is 3.23. The summed E-state index contributed by atoms with van der Waals surface area (Å²) in [5.74, 6) is 1.77. The maximum atomic E-state index is 6.16. The largest absolute Gasteiger partial charge is 0.496 e. The van der Waals surface area contributed by atoms with Crippen LogP contribution in [-0.4, -0.2) is 18.1 Å². The molecule has 0 unspecified atom stereocenters. The molecule has 0 aromatic heterocycles. The summed E-state index contributed by atoms with van der Waals surface area (Å²) in [5, 5.41) is 0. The third-order valence-corrected chi connectivity index (χ3v) is 4.71. The Kier molecular flexibility index (Phi) is 7.15. The molecule has 2 aromatic carbocycles. The van der Waals surface area contributed by atoms with Crippen LogP contribution in [0.25, 0.3) is 0 Å². The second-order valence-electron chi connectivity index (χ2n) is 7.17. The minimum atomic E-state index is 0.0782.